The van der Waals surface area contributed by atoms with Crippen molar-refractivity contribution in [3.63, 3.8) is 0 Å². The van der Waals surface area contributed by atoms with Crippen LogP contribution < -0.4 is 4.74 Å². The first-order valence-electron chi connectivity index (χ1n) is 6.24. The molecule has 0 radical (unpaired) electrons. The lowest BCUT2D eigenvalue weighted by Crippen LogP contribution is -2.40. The van der Waals surface area contributed by atoms with Crippen LogP contribution >= 0.6 is 11.6 Å². The van der Waals surface area contributed by atoms with Crippen LogP contribution in [0.2, 0.25) is 5.02 Å². The molecule has 1 atom stereocenters. The average Bonchev–Trinajstić information content (AvgIpc) is 2.42. The van der Waals surface area contributed by atoms with Gasteiger partial charge in [-0.2, -0.15) is 13.2 Å². The van der Waals surface area contributed by atoms with Crippen molar-refractivity contribution in [2.75, 3.05) is 0 Å². The van der Waals surface area contributed by atoms with Crippen molar-refractivity contribution in [2.45, 2.75) is 25.6 Å². The van der Waals surface area contributed by atoms with Gasteiger partial charge in [-0.15, -0.1) is 0 Å². The van der Waals surface area contributed by atoms with E-state index in [9.17, 15) is 18.0 Å². The Labute approximate surface area is 129 Å². The molecular formula is C15H10ClF3O3. The molecule has 1 aromatic carbocycles. The summed E-state index contributed by atoms with van der Waals surface area (Å²) in [6.45, 7) is 1.78. The van der Waals surface area contributed by atoms with Crippen LogP contribution in [0.4, 0.5) is 13.2 Å². The molecule has 1 N–H and O–H groups in total. The molecule has 116 valence electrons. The molecule has 0 spiro atoms. The van der Waals surface area contributed by atoms with Crippen molar-refractivity contribution in [2.24, 2.45) is 0 Å². The Hall–Kier alpha value is -2.13. The minimum absolute atomic E-state index is 0.113. The van der Waals surface area contributed by atoms with Crippen molar-refractivity contribution in [1.82, 2.24) is 0 Å². The lowest BCUT2D eigenvalue weighted by molar-refractivity contribution is -0.187. The van der Waals surface area contributed by atoms with E-state index in [1.807, 2.05) is 0 Å². The first-order chi connectivity index (χ1) is 10.2. The van der Waals surface area contributed by atoms with Crippen LogP contribution in [-0.2, 0) is 4.79 Å². The third-order valence-corrected chi connectivity index (χ3v) is 3.07. The van der Waals surface area contributed by atoms with Gasteiger partial charge < -0.3 is 9.84 Å². The molecule has 0 fully saturated rings. The zero-order valence-corrected chi connectivity index (χ0v) is 12.0. The molecule has 0 saturated carbocycles. The van der Waals surface area contributed by atoms with Crippen molar-refractivity contribution >= 4 is 23.6 Å². The molecular weight excluding hydrogens is 321 g/mol. The second-order valence-corrected chi connectivity index (χ2v) is 4.91. The minimum atomic E-state index is -4.85. The summed E-state index contributed by atoms with van der Waals surface area (Å²) in [6.07, 6.45) is -5.97. The molecule has 1 aliphatic heterocycles. The Kier molecular flexibility index (Phi) is 4.38. The first kappa shape index (κ1) is 16.2. The van der Waals surface area contributed by atoms with Crippen LogP contribution in [0.5, 0.6) is 5.75 Å². The molecule has 22 heavy (non-hydrogen) atoms. The zero-order valence-electron chi connectivity index (χ0n) is 11.3. The third kappa shape index (κ3) is 3.20. The van der Waals surface area contributed by atoms with E-state index < -0.39 is 23.8 Å². The monoisotopic (exact) mass is 330 g/mol. The number of aliphatic carboxylic acids is 1. The first-order valence-corrected chi connectivity index (χ1v) is 6.62. The molecule has 2 rings (SSSR count). The van der Waals surface area contributed by atoms with Crippen LogP contribution in [0, 0.1) is 11.8 Å². The van der Waals surface area contributed by atoms with E-state index in [0.717, 1.165) is 6.08 Å². The smallest absolute Gasteiger partial charge is 0.430 e. The van der Waals surface area contributed by atoms with Gasteiger partial charge in [-0.3, -0.25) is 0 Å². The SMILES string of the molecule is CCC#Cc1cc(Cl)cc2c1O[C@H](C(F)(F)F)C(C(=O)O)=C2. The summed E-state index contributed by atoms with van der Waals surface area (Å²) in [5.41, 5.74) is -0.540. The Morgan fingerprint density at radius 2 is 2.14 bits per heavy atom. The molecule has 1 aromatic rings. The van der Waals surface area contributed by atoms with Gasteiger partial charge in [-0.1, -0.05) is 30.4 Å². The summed E-state index contributed by atoms with van der Waals surface area (Å²) in [7, 11) is 0. The predicted molar refractivity (Wildman–Crippen MR) is 74.7 cm³/mol. The summed E-state index contributed by atoms with van der Waals surface area (Å²) >= 11 is 5.89. The lowest BCUT2D eigenvalue weighted by Gasteiger charge is -2.27. The maximum absolute atomic E-state index is 13.0. The fraction of sp³-hybridized carbons (Fsp3) is 0.267. The molecule has 0 bridgehead atoms. The van der Waals surface area contributed by atoms with E-state index in [-0.39, 0.29) is 21.9 Å². The van der Waals surface area contributed by atoms with Crippen LogP contribution in [-0.4, -0.2) is 23.4 Å². The number of carbonyl (C=O) groups is 1. The van der Waals surface area contributed by atoms with Gasteiger partial charge in [0.1, 0.15) is 5.75 Å². The molecule has 0 aromatic heterocycles. The quantitative estimate of drug-likeness (QED) is 0.795. The van der Waals surface area contributed by atoms with E-state index in [2.05, 4.69) is 11.8 Å². The number of fused-ring (bicyclic) bond motifs is 1. The molecule has 7 heteroatoms. The summed E-state index contributed by atoms with van der Waals surface area (Å²) in [5.74, 6) is 3.59. The highest BCUT2D eigenvalue weighted by atomic mass is 35.5. The summed E-state index contributed by atoms with van der Waals surface area (Å²) in [4.78, 5) is 11.1. The van der Waals surface area contributed by atoms with Crippen LogP contribution in [0.3, 0.4) is 0 Å². The van der Waals surface area contributed by atoms with Gasteiger partial charge >= 0.3 is 12.1 Å². The normalized spacial score (nSPS) is 16.8. The number of benzene rings is 1. The fourth-order valence-electron chi connectivity index (χ4n) is 1.97. The average molecular weight is 331 g/mol. The number of hydrogen-bond acceptors (Lipinski definition) is 2. The number of halogens is 4. The predicted octanol–water partition coefficient (Wildman–Crippen LogP) is 3.89. The standard InChI is InChI=1S/C15H10ClF3O3/c1-2-3-4-8-5-10(16)6-9-7-11(14(20)21)13(15(17,18)19)22-12(8)9/h5-7,13H,2H2,1H3,(H,20,21)/t13-/m0/s1. The van der Waals surface area contributed by atoms with Gasteiger partial charge in [0.25, 0.3) is 0 Å². The van der Waals surface area contributed by atoms with E-state index in [1.54, 1.807) is 6.92 Å². The molecule has 1 aliphatic rings. The highest BCUT2D eigenvalue weighted by Gasteiger charge is 2.48. The van der Waals surface area contributed by atoms with Crippen molar-refractivity contribution in [3.05, 3.63) is 33.9 Å². The molecule has 0 unspecified atom stereocenters. The summed E-state index contributed by atoms with van der Waals surface area (Å²) in [6, 6.07) is 2.72. The van der Waals surface area contributed by atoms with E-state index in [0.29, 0.717) is 6.42 Å². The van der Waals surface area contributed by atoms with Crippen LogP contribution in [0.25, 0.3) is 6.08 Å². The zero-order chi connectivity index (χ0) is 16.5. The number of carboxylic acid groups (broad SMARTS) is 1. The second-order valence-electron chi connectivity index (χ2n) is 4.47. The highest BCUT2D eigenvalue weighted by molar-refractivity contribution is 6.31. The van der Waals surface area contributed by atoms with E-state index in [4.69, 9.17) is 21.4 Å². The maximum atomic E-state index is 13.0. The van der Waals surface area contributed by atoms with Crippen LogP contribution in [0.15, 0.2) is 17.7 Å². The Morgan fingerprint density at radius 1 is 1.45 bits per heavy atom. The van der Waals surface area contributed by atoms with Crippen molar-refractivity contribution in [3.8, 4) is 17.6 Å². The van der Waals surface area contributed by atoms with Gasteiger partial charge in [0.2, 0.25) is 6.10 Å². The van der Waals surface area contributed by atoms with Gasteiger partial charge in [-0.05, 0) is 18.2 Å². The summed E-state index contributed by atoms with van der Waals surface area (Å²) < 4.78 is 44.0. The number of hydrogen-bond donors (Lipinski definition) is 1. The molecule has 0 aliphatic carbocycles. The second kappa shape index (κ2) is 5.93. The fourth-order valence-corrected chi connectivity index (χ4v) is 2.20. The van der Waals surface area contributed by atoms with Gasteiger partial charge in [-0.25, -0.2) is 4.79 Å². The number of rotatable bonds is 1. The number of carboxylic acids is 1. The van der Waals surface area contributed by atoms with Crippen molar-refractivity contribution < 1.29 is 27.8 Å². The topological polar surface area (TPSA) is 46.5 Å². The number of alkyl halides is 3. The molecule has 0 saturated heterocycles. The Balaban J connectivity index is 2.65. The van der Waals surface area contributed by atoms with E-state index >= 15 is 0 Å². The Morgan fingerprint density at radius 3 is 2.68 bits per heavy atom. The molecule has 1 heterocycles. The van der Waals surface area contributed by atoms with Gasteiger partial charge in [0, 0.05) is 17.0 Å². The molecule has 3 nitrogen and oxygen atoms in total. The van der Waals surface area contributed by atoms with Gasteiger partial charge in [0.15, 0.2) is 0 Å². The number of ether oxygens (including phenoxy) is 1. The summed E-state index contributed by atoms with van der Waals surface area (Å²) in [5, 5.41) is 9.20. The Bertz CT molecular complexity index is 711. The highest BCUT2D eigenvalue weighted by Crippen LogP contribution is 2.40. The maximum Gasteiger partial charge on any atom is 0.430 e. The van der Waals surface area contributed by atoms with Crippen LogP contribution in [0.1, 0.15) is 24.5 Å². The van der Waals surface area contributed by atoms with Crippen molar-refractivity contribution in [1.29, 1.82) is 0 Å². The third-order valence-electron chi connectivity index (χ3n) is 2.86. The van der Waals surface area contributed by atoms with E-state index in [1.165, 1.54) is 12.1 Å². The molecule has 0 amide bonds. The largest absolute Gasteiger partial charge is 0.478 e. The lowest BCUT2D eigenvalue weighted by atomic mass is 9.99. The minimum Gasteiger partial charge on any atom is -0.478 e. The van der Waals surface area contributed by atoms with Gasteiger partial charge in [0.05, 0.1) is 11.1 Å².